The third kappa shape index (κ3) is 3.94. The second-order valence-corrected chi connectivity index (χ2v) is 7.99. The average Bonchev–Trinajstić information content (AvgIpc) is 2.73. The van der Waals surface area contributed by atoms with Gasteiger partial charge in [-0.2, -0.15) is 0 Å². The lowest BCUT2D eigenvalue weighted by molar-refractivity contribution is 0.0698. The van der Waals surface area contributed by atoms with Gasteiger partial charge in [-0.05, 0) is 47.9 Å². The van der Waals surface area contributed by atoms with E-state index >= 15 is 0 Å². The van der Waals surface area contributed by atoms with E-state index < -0.39 is 0 Å². The topological polar surface area (TPSA) is 49.4 Å². The van der Waals surface area contributed by atoms with Gasteiger partial charge in [0.15, 0.2) is 0 Å². The molecule has 1 aliphatic rings. The maximum Gasteiger partial charge on any atom is 0.253 e. The number of likely N-dealkylation sites (tertiary alicyclic amines) is 1. The van der Waals surface area contributed by atoms with Crippen molar-refractivity contribution in [1.82, 2.24) is 10.2 Å². The lowest BCUT2D eigenvalue weighted by Gasteiger charge is -2.32. The SMILES string of the molecule is O=C(NC1CCN(C(=O)c2cccc(Br)c2)CC1)c1cccc2ccccc12. The summed E-state index contributed by atoms with van der Waals surface area (Å²) < 4.78 is 0.899. The van der Waals surface area contributed by atoms with Crippen LogP contribution in [-0.4, -0.2) is 35.8 Å². The number of nitrogens with one attached hydrogen (secondary N) is 1. The number of nitrogens with zero attached hydrogens (tertiary/aromatic N) is 1. The molecule has 2 amide bonds. The molecule has 4 nitrogen and oxygen atoms in total. The Kier molecular flexibility index (Phi) is 5.44. The Morgan fingerprint density at radius 1 is 0.929 bits per heavy atom. The Morgan fingerprint density at radius 3 is 2.43 bits per heavy atom. The molecule has 3 aromatic carbocycles. The second-order valence-electron chi connectivity index (χ2n) is 7.08. The Labute approximate surface area is 172 Å². The van der Waals surface area contributed by atoms with Gasteiger partial charge in [0.25, 0.3) is 11.8 Å². The highest BCUT2D eigenvalue weighted by Crippen LogP contribution is 2.20. The van der Waals surface area contributed by atoms with Crippen molar-refractivity contribution >= 4 is 38.5 Å². The van der Waals surface area contributed by atoms with E-state index in [1.165, 1.54) is 0 Å². The molecule has 0 bridgehead atoms. The number of halogens is 1. The van der Waals surface area contributed by atoms with Crippen molar-refractivity contribution in [3.05, 3.63) is 82.3 Å². The van der Waals surface area contributed by atoms with Crippen LogP contribution in [0.1, 0.15) is 33.6 Å². The van der Waals surface area contributed by atoms with Crippen LogP contribution < -0.4 is 5.32 Å². The minimum atomic E-state index is -0.0476. The summed E-state index contributed by atoms with van der Waals surface area (Å²) in [6, 6.07) is 21.2. The van der Waals surface area contributed by atoms with Crippen LogP contribution >= 0.6 is 15.9 Å². The van der Waals surface area contributed by atoms with E-state index in [0.717, 1.165) is 28.1 Å². The predicted molar refractivity (Wildman–Crippen MR) is 114 cm³/mol. The third-order valence-electron chi connectivity index (χ3n) is 5.22. The number of carbonyl (C=O) groups excluding carboxylic acids is 2. The van der Waals surface area contributed by atoms with Gasteiger partial charge >= 0.3 is 0 Å². The fourth-order valence-corrected chi connectivity index (χ4v) is 4.12. The Balaban J connectivity index is 1.39. The van der Waals surface area contributed by atoms with Gasteiger partial charge in [0.05, 0.1) is 0 Å². The normalized spacial score (nSPS) is 14.8. The highest BCUT2D eigenvalue weighted by atomic mass is 79.9. The van der Waals surface area contributed by atoms with Crippen molar-refractivity contribution in [1.29, 1.82) is 0 Å². The van der Waals surface area contributed by atoms with Crippen LogP contribution in [0.3, 0.4) is 0 Å². The van der Waals surface area contributed by atoms with E-state index in [1.807, 2.05) is 71.6 Å². The molecule has 1 aliphatic heterocycles. The van der Waals surface area contributed by atoms with Crippen molar-refractivity contribution in [2.75, 3.05) is 13.1 Å². The summed E-state index contributed by atoms with van der Waals surface area (Å²) in [5.41, 5.74) is 1.39. The monoisotopic (exact) mass is 436 g/mol. The molecule has 1 heterocycles. The van der Waals surface area contributed by atoms with Crippen LogP contribution in [0.25, 0.3) is 10.8 Å². The van der Waals surface area contributed by atoms with Crippen LogP contribution in [0.15, 0.2) is 71.2 Å². The Bertz CT molecular complexity index is 1020. The predicted octanol–water partition coefficient (Wildman–Crippen LogP) is 4.64. The number of hydrogen-bond donors (Lipinski definition) is 1. The van der Waals surface area contributed by atoms with Gasteiger partial charge in [-0.15, -0.1) is 0 Å². The molecule has 5 heteroatoms. The van der Waals surface area contributed by atoms with Crippen LogP contribution in [0.4, 0.5) is 0 Å². The van der Waals surface area contributed by atoms with Crippen LogP contribution in [0, 0.1) is 0 Å². The standard InChI is InChI=1S/C23H21BrN2O2/c24-18-8-3-7-17(15-18)23(28)26-13-11-19(12-14-26)25-22(27)21-10-4-6-16-5-1-2-9-20(16)21/h1-10,15,19H,11-14H2,(H,25,27). The highest BCUT2D eigenvalue weighted by Gasteiger charge is 2.25. The van der Waals surface area contributed by atoms with Crippen molar-refractivity contribution in [2.24, 2.45) is 0 Å². The smallest absolute Gasteiger partial charge is 0.253 e. The molecule has 0 aromatic heterocycles. The molecule has 0 aliphatic carbocycles. The summed E-state index contributed by atoms with van der Waals surface area (Å²) in [4.78, 5) is 27.3. The van der Waals surface area contributed by atoms with E-state index in [1.54, 1.807) is 0 Å². The molecule has 0 radical (unpaired) electrons. The van der Waals surface area contributed by atoms with Crippen LogP contribution in [-0.2, 0) is 0 Å². The maximum atomic E-state index is 12.8. The Morgan fingerprint density at radius 2 is 1.64 bits per heavy atom. The first-order valence-corrected chi connectivity index (χ1v) is 10.2. The zero-order valence-electron chi connectivity index (χ0n) is 15.4. The third-order valence-corrected chi connectivity index (χ3v) is 5.72. The van der Waals surface area contributed by atoms with Crippen LogP contribution in [0.5, 0.6) is 0 Å². The molecule has 0 atom stereocenters. The summed E-state index contributed by atoms with van der Waals surface area (Å²) >= 11 is 3.41. The van der Waals surface area contributed by atoms with Crippen molar-refractivity contribution in [2.45, 2.75) is 18.9 Å². The molecule has 0 unspecified atom stereocenters. The molecular weight excluding hydrogens is 416 g/mol. The number of fused-ring (bicyclic) bond motifs is 1. The molecule has 1 N–H and O–H groups in total. The zero-order valence-corrected chi connectivity index (χ0v) is 17.0. The second kappa shape index (κ2) is 8.15. The fraction of sp³-hybridized carbons (Fsp3) is 0.217. The van der Waals surface area contributed by atoms with Gasteiger partial charge in [-0.3, -0.25) is 9.59 Å². The summed E-state index contributed by atoms with van der Waals surface area (Å²) in [5, 5.41) is 5.17. The Hall–Kier alpha value is -2.66. The molecule has 3 aromatic rings. The van der Waals surface area contributed by atoms with E-state index in [9.17, 15) is 9.59 Å². The minimum absolute atomic E-state index is 0.0418. The molecule has 1 fully saturated rings. The highest BCUT2D eigenvalue weighted by molar-refractivity contribution is 9.10. The quantitative estimate of drug-likeness (QED) is 0.649. The lowest BCUT2D eigenvalue weighted by atomic mass is 10.0. The molecule has 28 heavy (non-hydrogen) atoms. The first-order valence-electron chi connectivity index (χ1n) is 9.45. The summed E-state index contributed by atoms with van der Waals surface area (Å²) in [6.07, 6.45) is 1.52. The van der Waals surface area contributed by atoms with E-state index in [4.69, 9.17) is 0 Å². The number of benzene rings is 3. The number of rotatable bonds is 3. The van der Waals surface area contributed by atoms with Gasteiger partial charge in [0.2, 0.25) is 0 Å². The minimum Gasteiger partial charge on any atom is -0.349 e. The number of carbonyl (C=O) groups is 2. The fourth-order valence-electron chi connectivity index (χ4n) is 3.72. The van der Waals surface area contributed by atoms with Gasteiger partial charge in [-0.1, -0.05) is 58.4 Å². The van der Waals surface area contributed by atoms with Gasteiger partial charge in [0, 0.05) is 34.7 Å². The molecule has 1 saturated heterocycles. The zero-order chi connectivity index (χ0) is 19.5. The van der Waals surface area contributed by atoms with Crippen molar-refractivity contribution in [3.63, 3.8) is 0 Å². The molecule has 0 saturated carbocycles. The maximum absolute atomic E-state index is 12.8. The summed E-state index contributed by atoms with van der Waals surface area (Å²) in [6.45, 7) is 1.29. The molecule has 142 valence electrons. The van der Waals surface area contributed by atoms with E-state index in [0.29, 0.717) is 24.2 Å². The molecule has 0 spiro atoms. The lowest BCUT2D eigenvalue weighted by Crippen LogP contribution is -2.46. The first-order chi connectivity index (χ1) is 13.6. The average molecular weight is 437 g/mol. The van der Waals surface area contributed by atoms with E-state index in [-0.39, 0.29) is 17.9 Å². The first kappa shape index (κ1) is 18.7. The van der Waals surface area contributed by atoms with Gasteiger partial charge < -0.3 is 10.2 Å². The van der Waals surface area contributed by atoms with Crippen LogP contribution in [0.2, 0.25) is 0 Å². The van der Waals surface area contributed by atoms with Gasteiger partial charge in [0.1, 0.15) is 0 Å². The summed E-state index contributed by atoms with van der Waals surface area (Å²) in [5.74, 6) is -0.00584. The van der Waals surface area contributed by atoms with E-state index in [2.05, 4.69) is 21.2 Å². The van der Waals surface area contributed by atoms with Crippen molar-refractivity contribution in [3.8, 4) is 0 Å². The molecule has 4 rings (SSSR count). The number of amides is 2. The summed E-state index contributed by atoms with van der Waals surface area (Å²) in [7, 11) is 0. The van der Waals surface area contributed by atoms with Gasteiger partial charge in [-0.25, -0.2) is 0 Å². The number of piperidine rings is 1. The largest absolute Gasteiger partial charge is 0.349 e. The van der Waals surface area contributed by atoms with Crippen molar-refractivity contribution < 1.29 is 9.59 Å². The molecular formula is C23H21BrN2O2. The number of hydrogen-bond acceptors (Lipinski definition) is 2.